The van der Waals surface area contributed by atoms with Gasteiger partial charge in [-0.1, -0.05) is 18.2 Å². The lowest BCUT2D eigenvalue weighted by atomic mass is 10.0. The predicted molar refractivity (Wildman–Crippen MR) is 87.7 cm³/mol. The molecular weight excluding hydrogens is 309 g/mol. The highest BCUT2D eigenvalue weighted by Crippen LogP contribution is 2.21. The van der Waals surface area contributed by atoms with Crippen molar-refractivity contribution < 1.29 is 14.3 Å². The molecule has 5 nitrogen and oxygen atoms in total. The number of carbonyl (C=O) groups is 1. The van der Waals surface area contributed by atoms with Crippen molar-refractivity contribution in [3.05, 3.63) is 65.7 Å². The molecule has 0 spiro atoms. The molecule has 0 radical (unpaired) electrons. The van der Waals surface area contributed by atoms with Crippen molar-refractivity contribution in [2.24, 2.45) is 0 Å². The van der Waals surface area contributed by atoms with Gasteiger partial charge in [0.1, 0.15) is 5.82 Å². The smallest absolute Gasteiger partial charge is 0.318 e. The van der Waals surface area contributed by atoms with Gasteiger partial charge in [-0.2, -0.15) is 0 Å². The number of hydrogen-bond acceptors (Lipinski definition) is 3. The SMILES string of the molecule is O=C(NCc1cccc(F)c1)N1CC[C@@H](O)[C@@H]1Cc1cccnc1. The van der Waals surface area contributed by atoms with Gasteiger partial charge in [-0.3, -0.25) is 4.98 Å². The van der Waals surface area contributed by atoms with Gasteiger partial charge in [0.15, 0.2) is 0 Å². The van der Waals surface area contributed by atoms with E-state index in [1.807, 2.05) is 12.1 Å². The molecule has 126 valence electrons. The number of pyridine rings is 1. The van der Waals surface area contributed by atoms with E-state index in [0.29, 0.717) is 24.9 Å². The molecule has 1 aromatic heterocycles. The number of amides is 2. The van der Waals surface area contributed by atoms with Crippen molar-refractivity contribution in [2.75, 3.05) is 6.54 Å². The van der Waals surface area contributed by atoms with E-state index < -0.39 is 6.10 Å². The molecule has 0 aliphatic carbocycles. The maximum absolute atomic E-state index is 13.2. The van der Waals surface area contributed by atoms with Crippen LogP contribution in [0.2, 0.25) is 0 Å². The molecule has 2 N–H and O–H groups in total. The Kier molecular flexibility index (Phi) is 5.05. The lowest BCUT2D eigenvalue weighted by Crippen LogP contribution is -2.46. The topological polar surface area (TPSA) is 65.5 Å². The second-order valence-electron chi connectivity index (χ2n) is 5.97. The summed E-state index contributed by atoms with van der Waals surface area (Å²) < 4.78 is 13.2. The van der Waals surface area contributed by atoms with Gasteiger partial charge < -0.3 is 15.3 Å². The lowest BCUT2D eigenvalue weighted by Gasteiger charge is -2.26. The third-order valence-electron chi connectivity index (χ3n) is 4.27. The van der Waals surface area contributed by atoms with Crippen molar-refractivity contribution in [3.8, 4) is 0 Å². The molecule has 3 rings (SSSR count). The first-order valence-electron chi connectivity index (χ1n) is 7.99. The van der Waals surface area contributed by atoms with E-state index in [-0.39, 0.29) is 24.4 Å². The second kappa shape index (κ2) is 7.40. The Bertz CT molecular complexity index is 696. The minimum atomic E-state index is -0.551. The molecule has 2 atom stereocenters. The Morgan fingerprint density at radius 2 is 2.17 bits per heavy atom. The first-order valence-corrected chi connectivity index (χ1v) is 7.99. The average molecular weight is 329 g/mol. The Labute approximate surface area is 140 Å². The zero-order valence-corrected chi connectivity index (χ0v) is 13.2. The van der Waals surface area contributed by atoms with Crippen LogP contribution in [0, 0.1) is 5.82 Å². The van der Waals surface area contributed by atoms with E-state index in [4.69, 9.17) is 0 Å². The number of aliphatic hydroxyl groups is 1. The predicted octanol–water partition coefficient (Wildman–Crippen LogP) is 2.11. The summed E-state index contributed by atoms with van der Waals surface area (Å²) >= 11 is 0. The van der Waals surface area contributed by atoms with Gasteiger partial charge in [0.05, 0.1) is 12.1 Å². The third-order valence-corrected chi connectivity index (χ3v) is 4.27. The zero-order chi connectivity index (χ0) is 16.9. The number of likely N-dealkylation sites (tertiary alicyclic amines) is 1. The number of carbonyl (C=O) groups excluding carboxylic acids is 1. The van der Waals surface area contributed by atoms with Gasteiger partial charge in [-0.05, 0) is 42.2 Å². The molecule has 1 fully saturated rings. The Hall–Kier alpha value is -2.47. The average Bonchev–Trinajstić information content (AvgIpc) is 2.95. The van der Waals surface area contributed by atoms with Gasteiger partial charge in [0.2, 0.25) is 0 Å². The van der Waals surface area contributed by atoms with Crippen LogP contribution in [0.25, 0.3) is 0 Å². The van der Waals surface area contributed by atoms with E-state index in [1.54, 1.807) is 29.4 Å². The van der Waals surface area contributed by atoms with Crippen molar-refractivity contribution in [1.82, 2.24) is 15.2 Å². The fraction of sp³-hybridized carbons (Fsp3) is 0.333. The van der Waals surface area contributed by atoms with Gasteiger partial charge >= 0.3 is 6.03 Å². The normalized spacial score (nSPS) is 20.2. The summed E-state index contributed by atoms with van der Waals surface area (Å²) in [6.45, 7) is 0.754. The summed E-state index contributed by atoms with van der Waals surface area (Å²) in [7, 11) is 0. The van der Waals surface area contributed by atoms with Gasteiger partial charge in [0.25, 0.3) is 0 Å². The van der Waals surface area contributed by atoms with Gasteiger partial charge in [-0.15, -0.1) is 0 Å². The highest BCUT2D eigenvalue weighted by Gasteiger charge is 2.35. The van der Waals surface area contributed by atoms with Crippen LogP contribution in [0.5, 0.6) is 0 Å². The fourth-order valence-electron chi connectivity index (χ4n) is 3.02. The summed E-state index contributed by atoms with van der Waals surface area (Å²) in [6, 6.07) is 9.38. The molecule has 6 heteroatoms. The van der Waals surface area contributed by atoms with E-state index in [9.17, 15) is 14.3 Å². The third kappa shape index (κ3) is 3.89. The first kappa shape index (κ1) is 16.4. The monoisotopic (exact) mass is 329 g/mol. The van der Waals surface area contributed by atoms with Crippen molar-refractivity contribution in [1.29, 1.82) is 0 Å². The minimum Gasteiger partial charge on any atom is -0.391 e. The molecule has 24 heavy (non-hydrogen) atoms. The highest BCUT2D eigenvalue weighted by molar-refractivity contribution is 5.75. The summed E-state index contributed by atoms with van der Waals surface area (Å²) in [4.78, 5) is 18.2. The highest BCUT2D eigenvalue weighted by atomic mass is 19.1. The number of aromatic nitrogens is 1. The number of benzene rings is 1. The number of rotatable bonds is 4. The van der Waals surface area contributed by atoms with E-state index >= 15 is 0 Å². The molecule has 1 aromatic carbocycles. The Morgan fingerprint density at radius 1 is 1.33 bits per heavy atom. The number of hydrogen-bond donors (Lipinski definition) is 2. The molecule has 1 saturated heterocycles. The number of urea groups is 1. The molecule has 2 heterocycles. The van der Waals surface area contributed by atoms with Crippen LogP contribution in [0.3, 0.4) is 0 Å². The van der Waals surface area contributed by atoms with E-state index in [2.05, 4.69) is 10.3 Å². The molecule has 1 aliphatic rings. The summed E-state index contributed by atoms with van der Waals surface area (Å²) in [5.41, 5.74) is 1.68. The van der Waals surface area contributed by atoms with E-state index in [1.165, 1.54) is 12.1 Å². The molecule has 0 saturated carbocycles. The maximum atomic E-state index is 13.2. The van der Waals surface area contributed by atoms with Crippen LogP contribution in [0.1, 0.15) is 17.5 Å². The van der Waals surface area contributed by atoms with Crippen LogP contribution in [0.4, 0.5) is 9.18 Å². The molecule has 2 aromatic rings. The summed E-state index contributed by atoms with van der Waals surface area (Å²) in [5, 5.41) is 13.0. The first-order chi connectivity index (χ1) is 11.6. The van der Waals surface area contributed by atoms with Crippen LogP contribution in [-0.4, -0.2) is 39.7 Å². The molecule has 2 amide bonds. The van der Waals surface area contributed by atoms with Gasteiger partial charge in [0, 0.05) is 25.5 Å². The lowest BCUT2D eigenvalue weighted by molar-refractivity contribution is 0.122. The van der Waals surface area contributed by atoms with Crippen LogP contribution in [0.15, 0.2) is 48.8 Å². The van der Waals surface area contributed by atoms with Crippen molar-refractivity contribution in [3.63, 3.8) is 0 Å². The number of aliphatic hydroxyl groups excluding tert-OH is 1. The Morgan fingerprint density at radius 3 is 2.92 bits per heavy atom. The summed E-state index contributed by atoms with van der Waals surface area (Å²) in [5.74, 6) is -0.326. The van der Waals surface area contributed by atoms with E-state index in [0.717, 1.165) is 5.56 Å². The minimum absolute atomic E-state index is 0.246. The number of nitrogens with zero attached hydrogens (tertiary/aromatic N) is 2. The zero-order valence-electron chi connectivity index (χ0n) is 13.2. The van der Waals surface area contributed by atoms with Crippen LogP contribution in [-0.2, 0) is 13.0 Å². The number of halogens is 1. The van der Waals surface area contributed by atoms with Crippen molar-refractivity contribution >= 4 is 6.03 Å². The second-order valence-corrected chi connectivity index (χ2v) is 5.97. The summed E-state index contributed by atoms with van der Waals surface area (Å²) in [6.07, 6.45) is 4.00. The Balaban J connectivity index is 1.62. The molecule has 0 unspecified atom stereocenters. The molecular formula is C18H20FN3O2. The maximum Gasteiger partial charge on any atom is 0.318 e. The van der Waals surface area contributed by atoms with Crippen molar-refractivity contribution in [2.45, 2.75) is 31.5 Å². The molecule has 1 aliphatic heterocycles. The molecule has 0 bridgehead atoms. The largest absolute Gasteiger partial charge is 0.391 e. The van der Waals surface area contributed by atoms with Crippen LogP contribution >= 0.6 is 0 Å². The van der Waals surface area contributed by atoms with Gasteiger partial charge in [-0.25, -0.2) is 9.18 Å². The number of nitrogens with one attached hydrogen (secondary N) is 1. The quantitative estimate of drug-likeness (QED) is 0.903. The standard InChI is InChI=1S/C18H20FN3O2/c19-15-5-1-3-13(9-15)12-21-18(24)22-8-6-17(23)16(22)10-14-4-2-7-20-11-14/h1-5,7,9,11,16-17,23H,6,8,10,12H2,(H,21,24)/t16-,17+/m0/s1. The van der Waals surface area contributed by atoms with Crippen LogP contribution < -0.4 is 5.32 Å². The fourth-order valence-corrected chi connectivity index (χ4v) is 3.02.